The maximum atomic E-state index is 12.8. The van der Waals surface area contributed by atoms with Crippen molar-refractivity contribution in [3.8, 4) is 11.3 Å². The summed E-state index contributed by atoms with van der Waals surface area (Å²) in [6, 6.07) is 9.45. The number of pyridine rings is 1. The third-order valence-corrected chi connectivity index (χ3v) is 2.92. The van der Waals surface area contributed by atoms with Crippen molar-refractivity contribution < 1.29 is 4.39 Å². The van der Waals surface area contributed by atoms with Crippen LogP contribution in [0.4, 0.5) is 4.39 Å². The summed E-state index contributed by atoms with van der Waals surface area (Å²) in [7, 11) is 0. The zero-order chi connectivity index (χ0) is 11.5. The zero-order valence-electron chi connectivity index (χ0n) is 8.66. The molecular weight excluding hydrogens is 225 g/mol. The fraction of sp³-hybridized carbons (Fsp3) is 0.0833. The van der Waals surface area contributed by atoms with Crippen LogP contribution in [0.2, 0.25) is 0 Å². The average Bonchev–Trinajstić information content (AvgIpc) is 2.29. The maximum Gasteiger partial charge on any atom is 0.249 e. The van der Waals surface area contributed by atoms with Gasteiger partial charge in [-0.1, -0.05) is 0 Å². The first-order chi connectivity index (χ1) is 7.69. The molecule has 2 aromatic rings. The van der Waals surface area contributed by atoms with E-state index in [1.807, 2.05) is 12.3 Å². The molecule has 0 aliphatic rings. The molecule has 0 saturated heterocycles. The van der Waals surface area contributed by atoms with Crippen molar-refractivity contribution in [1.82, 2.24) is 4.98 Å². The summed E-state index contributed by atoms with van der Waals surface area (Å²) in [6.45, 7) is 0. The van der Waals surface area contributed by atoms with E-state index in [9.17, 15) is 9.18 Å². The number of hydrogen-bond donors (Lipinski definition) is 1. The number of aromatic amines is 1. The lowest BCUT2D eigenvalue weighted by molar-refractivity contribution is 0.628. The number of H-pyrrole nitrogens is 1. The summed E-state index contributed by atoms with van der Waals surface area (Å²) in [5.41, 5.74) is 1.36. The van der Waals surface area contributed by atoms with E-state index in [1.54, 1.807) is 12.1 Å². The van der Waals surface area contributed by atoms with Crippen LogP contribution in [0.25, 0.3) is 11.3 Å². The Morgan fingerprint density at radius 3 is 2.50 bits per heavy atom. The van der Waals surface area contributed by atoms with Gasteiger partial charge in [0.1, 0.15) is 5.82 Å². The van der Waals surface area contributed by atoms with Gasteiger partial charge < -0.3 is 4.98 Å². The van der Waals surface area contributed by atoms with E-state index in [1.165, 1.54) is 30.0 Å². The number of nitrogens with one attached hydrogen (secondary N) is 1. The van der Waals surface area contributed by atoms with Crippen molar-refractivity contribution in [3.05, 3.63) is 52.6 Å². The maximum absolute atomic E-state index is 12.8. The van der Waals surface area contributed by atoms with Crippen LogP contribution in [-0.2, 0) is 0 Å². The third-order valence-electron chi connectivity index (χ3n) is 2.21. The largest absolute Gasteiger partial charge is 0.322 e. The standard InChI is InChI=1S/C12H10FNOS/c1-16-10-6-11(14-12(15)7-10)8-2-4-9(13)5-3-8/h2-7H,1H3,(H,14,15). The fourth-order valence-corrected chi connectivity index (χ4v) is 1.88. The first-order valence-corrected chi connectivity index (χ1v) is 5.96. The molecule has 2 nitrogen and oxygen atoms in total. The van der Waals surface area contributed by atoms with Crippen LogP contribution < -0.4 is 5.56 Å². The van der Waals surface area contributed by atoms with Crippen molar-refractivity contribution >= 4 is 11.8 Å². The molecule has 82 valence electrons. The summed E-state index contributed by atoms with van der Waals surface area (Å²) in [6.07, 6.45) is 1.91. The van der Waals surface area contributed by atoms with E-state index in [-0.39, 0.29) is 11.4 Å². The highest BCUT2D eigenvalue weighted by molar-refractivity contribution is 7.98. The predicted molar refractivity (Wildman–Crippen MR) is 64.2 cm³/mol. The Morgan fingerprint density at radius 1 is 1.19 bits per heavy atom. The minimum Gasteiger partial charge on any atom is -0.322 e. The molecule has 16 heavy (non-hydrogen) atoms. The van der Waals surface area contributed by atoms with Crippen LogP contribution >= 0.6 is 11.8 Å². The van der Waals surface area contributed by atoms with Gasteiger partial charge in [-0.3, -0.25) is 4.79 Å². The normalized spacial score (nSPS) is 10.4. The molecule has 0 unspecified atom stereocenters. The van der Waals surface area contributed by atoms with E-state index in [0.29, 0.717) is 5.69 Å². The molecule has 1 N–H and O–H groups in total. The van der Waals surface area contributed by atoms with Crippen molar-refractivity contribution in [1.29, 1.82) is 0 Å². The van der Waals surface area contributed by atoms with Crippen molar-refractivity contribution in [3.63, 3.8) is 0 Å². The minimum atomic E-state index is -0.285. The van der Waals surface area contributed by atoms with E-state index in [4.69, 9.17) is 0 Å². The highest BCUT2D eigenvalue weighted by Crippen LogP contribution is 2.20. The van der Waals surface area contributed by atoms with Crippen LogP contribution in [0.5, 0.6) is 0 Å². The average molecular weight is 235 g/mol. The Balaban J connectivity index is 2.51. The number of halogens is 1. The van der Waals surface area contributed by atoms with Gasteiger partial charge in [-0.25, -0.2) is 4.39 Å². The zero-order valence-corrected chi connectivity index (χ0v) is 9.48. The van der Waals surface area contributed by atoms with Gasteiger partial charge in [0.15, 0.2) is 0 Å². The number of thioether (sulfide) groups is 1. The van der Waals surface area contributed by atoms with Crippen LogP contribution in [0.1, 0.15) is 0 Å². The molecule has 2 rings (SSSR count). The lowest BCUT2D eigenvalue weighted by Crippen LogP contribution is -2.05. The van der Waals surface area contributed by atoms with Crippen molar-refractivity contribution in [2.75, 3.05) is 6.26 Å². The first-order valence-electron chi connectivity index (χ1n) is 4.73. The Bertz CT molecular complexity index is 548. The second-order valence-electron chi connectivity index (χ2n) is 3.30. The van der Waals surface area contributed by atoms with Crippen LogP contribution in [0.15, 0.2) is 46.1 Å². The Morgan fingerprint density at radius 2 is 1.88 bits per heavy atom. The molecule has 1 aromatic heterocycles. The van der Waals surface area contributed by atoms with Gasteiger partial charge >= 0.3 is 0 Å². The molecule has 0 radical (unpaired) electrons. The lowest BCUT2D eigenvalue weighted by Gasteiger charge is -2.03. The van der Waals surface area contributed by atoms with E-state index in [2.05, 4.69) is 4.98 Å². The topological polar surface area (TPSA) is 32.9 Å². The summed E-state index contributed by atoms with van der Waals surface area (Å²) >= 11 is 1.50. The first kappa shape index (κ1) is 11.0. The molecule has 0 atom stereocenters. The number of aromatic nitrogens is 1. The van der Waals surface area contributed by atoms with Crippen LogP contribution in [0.3, 0.4) is 0 Å². The molecule has 0 saturated carbocycles. The summed E-state index contributed by atoms with van der Waals surface area (Å²) in [5, 5.41) is 0. The van der Waals surface area contributed by atoms with Gasteiger partial charge in [0.05, 0.1) is 0 Å². The molecular formula is C12H10FNOS. The predicted octanol–water partition coefficient (Wildman–Crippen LogP) is 2.90. The highest BCUT2D eigenvalue weighted by Gasteiger charge is 2.01. The Labute approximate surface area is 96.5 Å². The molecule has 1 heterocycles. The molecule has 0 spiro atoms. The second kappa shape index (κ2) is 4.53. The number of hydrogen-bond acceptors (Lipinski definition) is 2. The summed E-state index contributed by atoms with van der Waals surface area (Å²) < 4.78 is 12.8. The van der Waals surface area contributed by atoms with E-state index < -0.39 is 0 Å². The Kier molecular flexibility index (Phi) is 3.10. The van der Waals surface area contributed by atoms with Crippen molar-refractivity contribution in [2.45, 2.75) is 4.90 Å². The van der Waals surface area contributed by atoms with Crippen molar-refractivity contribution in [2.24, 2.45) is 0 Å². The lowest BCUT2D eigenvalue weighted by atomic mass is 10.1. The molecule has 0 fully saturated rings. The number of benzene rings is 1. The fourth-order valence-electron chi connectivity index (χ4n) is 1.42. The van der Waals surface area contributed by atoms with Gasteiger partial charge in [0, 0.05) is 16.7 Å². The molecule has 4 heteroatoms. The molecule has 0 aliphatic heterocycles. The van der Waals surface area contributed by atoms with E-state index >= 15 is 0 Å². The molecule has 0 bridgehead atoms. The van der Waals surface area contributed by atoms with Gasteiger partial charge in [-0.05, 0) is 42.2 Å². The monoisotopic (exact) mass is 235 g/mol. The smallest absolute Gasteiger partial charge is 0.249 e. The highest BCUT2D eigenvalue weighted by atomic mass is 32.2. The molecule has 0 amide bonds. The second-order valence-corrected chi connectivity index (χ2v) is 4.18. The van der Waals surface area contributed by atoms with Gasteiger partial charge in [-0.2, -0.15) is 0 Å². The summed E-state index contributed by atoms with van der Waals surface area (Å²) in [4.78, 5) is 15.0. The quantitative estimate of drug-likeness (QED) is 0.812. The SMILES string of the molecule is CSc1cc(-c2ccc(F)cc2)[nH]c(=O)c1. The van der Waals surface area contributed by atoms with Gasteiger partial charge in [0.2, 0.25) is 5.56 Å². The van der Waals surface area contributed by atoms with Crippen LogP contribution in [-0.4, -0.2) is 11.2 Å². The third kappa shape index (κ3) is 2.33. The van der Waals surface area contributed by atoms with Crippen LogP contribution in [0, 0.1) is 5.82 Å². The van der Waals surface area contributed by atoms with Gasteiger partial charge in [-0.15, -0.1) is 11.8 Å². The Hall–Kier alpha value is -1.55. The van der Waals surface area contributed by atoms with E-state index in [0.717, 1.165) is 10.5 Å². The minimum absolute atomic E-state index is 0.147. The molecule has 0 aliphatic carbocycles. The number of rotatable bonds is 2. The molecule has 1 aromatic carbocycles. The van der Waals surface area contributed by atoms with Gasteiger partial charge in [0.25, 0.3) is 0 Å². The summed E-state index contributed by atoms with van der Waals surface area (Å²) in [5.74, 6) is -0.285.